The highest BCUT2D eigenvalue weighted by Crippen LogP contribution is 2.16. The van der Waals surface area contributed by atoms with E-state index in [2.05, 4.69) is 130 Å². The second-order valence-electron chi connectivity index (χ2n) is 21.6. The van der Waals surface area contributed by atoms with E-state index in [9.17, 15) is 14.4 Å². The Morgan fingerprint density at radius 2 is 0.500 bits per heavy atom. The summed E-state index contributed by atoms with van der Waals surface area (Å²) in [5, 5.41) is 0. The van der Waals surface area contributed by atoms with Crippen LogP contribution in [0.2, 0.25) is 0 Å². The Morgan fingerprint density at radius 3 is 0.808 bits per heavy atom. The predicted molar refractivity (Wildman–Crippen MR) is 339 cm³/mol. The fraction of sp³-hybridized carbons (Fsp3) is 0.708. The normalized spacial score (nSPS) is 12.8. The summed E-state index contributed by atoms with van der Waals surface area (Å²) in [7, 11) is 0. The van der Waals surface area contributed by atoms with Gasteiger partial charge in [-0.15, -0.1) is 0 Å². The summed E-state index contributed by atoms with van der Waals surface area (Å²) in [4.78, 5) is 38.1. The second kappa shape index (κ2) is 65.6. The predicted octanol–water partition coefficient (Wildman–Crippen LogP) is 22.6. The molecule has 0 amide bonds. The molecule has 0 heterocycles. The van der Waals surface area contributed by atoms with Crippen molar-refractivity contribution < 1.29 is 28.6 Å². The van der Waals surface area contributed by atoms with Crippen LogP contribution >= 0.6 is 0 Å². The van der Waals surface area contributed by atoms with Crippen LogP contribution in [0.4, 0.5) is 0 Å². The number of rotatable bonds is 59. The minimum Gasteiger partial charge on any atom is -0.462 e. The van der Waals surface area contributed by atoms with Crippen LogP contribution in [-0.4, -0.2) is 37.2 Å². The maximum atomic E-state index is 12.9. The number of carbonyl (C=O) groups is 3. The Balaban J connectivity index is 4.12. The number of carbonyl (C=O) groups excluding carboxylic acids is 3. The van der Waals surface area contributed by atoms with E-state index < -0.39 is 6.10 Å². The van der Waals surface area contributed by atoms with E-state index in [4.69, 9.17) is 14.2 Å². The van der Waals surface area contributed by atoms with Gasteiger partial charge in [-0.3, -0.25) is 14.4 Å². The Kier molecular flexibility index (Phi) is 62.3. The zero-order chi connectivity index (χ0) is 56.4. The highest BCUT2D eigenvalue weighted by molar-refractivity contribution is 5.71. The lowest BCUT2D eigenvalue weighted by Crippen LogP contribution is -2.30. The monoisotopic (exact) mass is 1080 g/mol. The Bertz CT molecular complexity index is 1570. The van der Waals surface area contributed by atoms with Crippen molar-refractivity contribution in [1.82, 2.24) is 0 Å². The van der Waals surface area contributed by atoms with Crippen LogP contribution in [0.25, 0.3) is 0 Å². The van der Waals surface area contributed by atoms with Crippen molar-refractivity contribution in [2.24, 2.45) is 0 Å². The molecule has 0 N–H and O–H groups in total. The zero-order valence-electron chi connectivity index (χ0n) is 51.2. The average Bonchev–Trinajstić information content (AvgIpc) is 3.44. The fourth-order valence-corrected chi connectivity index (χ4v) is 9.10. The molecule has 1 atom stereocenters. The minimum atomic E-state index is -0.783. The summed E-state index contributed by atoms with van der Waals surface area (Å²) in [6.07, 6.45) is 89.8. The molecule has 0 bridgehead atoms. The van der Waals surface area contributed by atoms with E-state index in [0.717, 1.165) is 122 Å². The molecule has 0 aromatic rings. The summed E-state index contributed by atoms with van der Waals surface area (Å²) in [6, 6.07) is 0. The van der Waals surface area contributed by atoms with Gasteiger partial charge in [-0.2, -0.15) is 0 Å². The number of esters is 3. The van der Waals surface area contributed by atoms with Crippen molar-refractivity contribution in [3.63, 3.8) is 0 Å². The molecule has 0 saturated carbocycles. The summed E-state index contributed by atoms with van der Waals surface area (Å²) in [5.74, 6) is -0.891. The maximum absolute atomic E-state index is 12.9. The first-order valence-corrected chi connectivity index (χ1v) is 32.9. The fourth-order valence-electron chi connectivity index (χ4n) is 9.10. The standard InChI is InChI=1S/C72H122O6/c1-4-7-10-13-16-19-21-23-25-27-29-30-31-32-33-34-35-36-37-38-39-40-41-42-44-45-47-49-51-53-56-59-62-65-71(74)77-68-69(67-76-70(73)64-61-58-55-18-15-12-9-6-3)78-72(75)66-63-60-57-54-52-50-48-46-43-28-26-24-22-20-17-14-11-8-5-2/h7,10,16-17,19-20,23-26,29-30,32-33,35-36,43,46,69H,4-6,8-9,11-15,18,21-22,27-28,31,34,37-42,44-45,47-68H2,1-3H3/b10-7-,19-16-,20-17-,25-23-,26-24-,30-29-,33-32-,36-35-,46-43-. The van der Waals surface area contributed by atoms with Crippen LogP contribution in [-0.2, 0) is 28.6 Å². The van der Waals surface area contributed by atoms with Crippen molar-refractivity contribution in [1.29, 1.82) is 0 Å². The van der Waals surface area contributed by atoms with Gasteiger partial charge in [0.1, 0.15) is 13.2 Å². The topological polar surface area (TPSA) is 78.9 Å². The summed E-state index contributed by atoms with van der Waals surface area (Å²) < 4.78 is 16.9. The molecular weight excluding hydrogens is 961 g/mol. The Labute approximate surface area is 482 Å². The molecule has 0 aliphatic heterocycles. The van der Waals surface area contributed by atoms with Crippen molar-refractivity contribution in [2.75, 3.05) is 13.2 Å². The third-order valence-corrected chi connectivity index (χ3v) is 14.0. The zero-order valence-corrected chi connectivity index (χ0v) is 51.2. The van der Waals surface area contributed by atoms with Gasteiger partial charge in [0.05, 0.1) is 0 Å². The second-order valence-corrected chi connectivity index (χ2v) is 21.6. The third kappa shape index (κ3) is 62.9. The molecule has 0 aromatic carbocycles. The van der Waals surface area contributed by atoms with Crippen LogP contribution in [0, 0.1) is 0 Å². The lowest BCUT2D eigenvalue weighted by molar-refractivity contribution is -0.167. The molecule has 0 rings (SSSR count). The van der Waals surface area contributed by atoms with Gasteiger partial charge in [0.2, 0.25) is 0 Å². The first-order chi connectivity index (χ1) is 38.5. The van der Waals surface area contributed by atoms with Crippen LogP contribution < -0.4 is 0 Å². The molecule has 0 fully saturated rings. The SMILES string of the molecule is CC/C=C\C/C=C\C/C=C\C/C=C\C/C=C\C/C=C\CCCCCCCCCCCCCCCCC(=O)OCC(COC(=O)CCCCCCCCCC)OC(=O)CCCCCCCC/C=C\C/C=C\C/C=C\CCCCC. The van der Waals surface area contributed by atoms with Crippen molar-refractivity contribution in [3.8, 4) is 0 Å². The van der Waals surface area contributed by atoms with Gasteiger partial charge in [0.15, 0.2) is 6.10 Å². The van der Waals surface area contributed by atoms with Crippen LogP contribution in [0.3, 0.4) is 0 Å². The summed E-state index contributed by atoms with van der Waals surface area (Å²) in [6.45, 7) is 6.48. The highest BCUT2D eigenvalue weighted by Gasteiger charge is 2.19. The Hall–Kier alpha value is -3.93. The maximum Gasteiger partial charge on any atom is 0.306 e. The van der Waals surface area contributed by atoms with Gasteiger partial charge in [0, 0.05) is 19.3 Å². The van der Waals surface area contributed by atoms with E-state index in [1.807, 2.05) is 0 Å². The molecule has 0 aliphatic rings. The third-order valence-electron chi connectivity index (χ3n) is 14.0. The van der Waals surface area contributed by atoms with Gasteiger partial charge in [0.25, 0.3) is 0 Å². The van der Waals surface area contributed by atoms with Gasteiger partial charge in [-0.25, -0.2) is 0 Å². The van der Waals surface area contributed by atoms with E-state index in [1.165, 1.54) is 148 Å². The molecular formula is C72H122O6. The van der Waals surface area contributed by atoms with Crippen molar-refractivity contribution >= 4 is 17.9 Å². The quantitative estimate of drug-likeness (QED) is 0.0261. The molecule has 446 valence electrons. The lowest BCUT2D eigenvalue weighted by Gasteiger charge is -2.18. The number of ether oxygens (including phenoxy) is 3. The lowest BCUT2D eigenvalue weighted by atomic mass is 10.0. The summed E-state index contributed by atoms with van der Waals surface area (Å²) >= 11 is 0. The molecule has 0 aromatic heterocycles. The van der Waals surface area contributed by atoms with Crippen LogP contribution in [0.15, 0.2) is 109 Å². The smallest absolute Gasteiger partial charge is 0.306 e. The van der Waals surface area contributed by atoms with Crippen LogP contribution in [0.1, 0.15) is 310 Å². The molecule has 1 unspecified atom stereocenters. The highest BCUT2D eigenvalue weighted by atomic mass is 16.6. The molecule has 0 spiro atoms. The average molecular weight is 1080 g/mol. The van der Waals surface area contributed by atoms with Crippen LogP contribution in [0.5, 0.6) is 0 Å². The van der Waals surface area contributed by atoms with Gasteiger partial charge >= 0.3 is 17.9 Å². The van der Waals surface area contributed by atoms with Gasteiger partial charge in [-0.1, -0.05) is 291 Å². The van der Waals surface area contributed by atoms with E-state index in [1.54, 1.807) is 0 Å². The largest absolute Gasteiger partial charge is 0.462 e. The number of hydrogen-bond donors (Lipinski definition) is 0. The van der Waals surface area contributed by atoms with Gasteiger partial charge < -0.3 is 14.2 Å². The number of allylic oxidation sites excluding steroid dienone is 18. The molecule has 78 heavy (non-hydrogen) atoms. The van der Waals surface area contributed by atoms with E-state index in [-0.39, 0.29) is 31.1 Å². The first kappa shape index (κ1) is 74.1. The Morgan fingerprint density at radius 1 is 0.269 bits per heavy atom. The minimum absolute atomic E-state index is 0.0809. The van der Waals surface area contributed by atoms with Crippen molar-refractivity contribution in [2.45, 2.75) is 316 Å². The molecule has 6 heteroatoms. The number of hydrogen-bond acceptors (Lipinski definition) is 6. The molecule has 0 saturated heterocycles. The molecule has 6 nitrogen and oxygen atoms in total. The van der Waals surface area contributed by atoms with E-state index >= 15 is 0 Å². The number of unbranched alkanes of at least 4 members (excludes halogenated alkanes) is 30. The van der Waals surface area contributed by atoms with Crippen molar-refractivity contribution in [3.05, 3.63) is 109 Å². The van der Waals surface area contributed by atoms with E-state index in [0.29, 0.717) is 19.3 Å². The van der Waals surface area contributed by atoms with Gasteiger partial charge in [-0.05, 0) is 109 Å². The summed E-state index contributed by atoms with van der Waals surface area (Å²) in [5.41, 5.74) is 0. The first-order valence-electron chi connectivity index (χ1n) is 32.9. The molecule has 0 radical (unpaired) electrons. The molecule has 0 aliphatic carbocycles.